The number of thioether (sulfide) groups is 1. The normalized spacial score (nSPS) is 11.5. The van der Waals surface area contributed by atoms with Gasteiger partial charge in [-0.3, -0.25) is 14.3 Å². The molecule has 0 fully saturated rings. The van der Waals surface area contributed by atoms with Crippen LogP contribution in [0.1, 0.15) is 21.7 Å². The Hall–Kier alpha value is -3.21. The van der Waals surface area contributed by atoms with Crippen LogP contribution in [0.5, 0.6) is 5.88 Å². The highest BCUT2D eigenvalue weighted by atomic mass is 32.2. The molecule has 0 spiro atoms. The summed E-state index contributed by atoms with van der Waals surface area (Å²) in [6.07, 6.45) is 1.46. The largest absolute Gasteiger partial charge is 0.493 e. The molecular weight excluding hydrogens is 433 g/mol. The number of carbonyl (C=O) groups excluding carboxylic acids is 1. The fraction of sp³-hybridized carbons (Fsp3) is 0.250. The molecule has 31 heavy (non-hydrogen) atoms. The van der Waals surface area contributed by atoms with Gasteiger partial charge in [0.25, 0.3) is 5.91 Å². The molecule has 0 aliphatic heterocycles. The van der Waals surface area contributed by atoms with Crippen molar-refractivity contribution in [3.05, 3.63) is 70.0 Å². The smallest absolute Gasteiger partial charge is 0.446 e. The van der Waals surface area contributed by atoms with E-state index in [2.05, 4.69) is 4.98 Å². The van der Waals surface area contributed by atoms with Crippen LogP contribution in [-0.2, 0) is 6.54 Å². The van der Waals surface area contributed by atoms with Crippen LogP contribution in [0.25, 0.3) is 5.69 Å². The van der Waals surface area contributed by atoms with Gasteiger partial charge in [0.2, 0.25) is 5.88 Å². The van der Waals surface area contributed by atoms with Crippen LogP contribution in [-0.4, -0.2) is 49.6 Å². The number of pyridine rings is 1. The molecule has 3 rings (SSSR count). The van der Waals surface area contributed by atoms with Gasteiger partial charge >= 0.3 is 11.2 Å². The molecule has 0 aliphatic carbocycles. The van der Waals surface area contributed by atoms with Crippen LogP contribution in [0.3, 0.4) is 0 Å². The Balaban J connectivity index is 1.94. The molecule has 0 radical (unpaired) electrons. The van der Waals surface area contributed by atoms with Crippen LogP contribution in [0.15, 0.2) is 52.3 Å². The van der Waals surface area contributed by atoms with Crippen molar-refractivity contribution in [2.75, 3.05) is 14.1 Å². The fourth-order valence-electron chi connectivity index (χ4n) is 2.95. The Morgan fingerprint density at radius 1 is 1.19 bits per heavy atom. The minimum atomic E-state index is -4.42. The highest BCUT2D eigenvalue weighted by Crippen LogP contribution is 2.37. The summed E-state index contributed by atoms with van der Waals surface area (Å²) < 4.78 is 39.9. The van der Waals surface area contributed by atoms with Crippen molar-refractivity contribution in [3.8, 4) is 11.6 Å². The zero-order valence-electron chi connectivity index (χ0n) is 16.8. The molecule has 0 saturated heterocycles. The summed E-state index contributed by atoms with van der Waals surface area (Å²) in [5.41, 5.74) is -3.64. The van der Waals surface area contributed by atoms with E-state index >= 15 is 0 Å². The van der Waals surface area contributed by atoms with E-state index in [0.29, 0.717) is 5.56 Å². The van der Waals surface area contributed by atoms with E-state index in [1.165, 1.54) is 39.9 Å². The Labute approximate surface area is 179 Å². The maximum absolute atomic E-state index is 12.9. The minimum absolute atomic E-state index is 0.0326. The Morgan fingerprint density at radius 3 is 2.42 bits per heavy atom. The van der Waals surface area contributed by atoms with Crippen LogP contribution in [0, 0.1) is 6.92 Å². The lowest BCUT2D eigenvalue weighted by atomic mass is 10.2. The van der Waals surface area contributed by atoms with E-state index in [0.717, 1.165) is 4.57 Å². The number of rotatable bonds is 5. The second kappa shape index (κ2) is 8.50. The molecule has 0 atom stereocenters. The number of benzene rings is 1. The van der Waals surface area contributed by atoms with Crippen LogP contribution < -0.4 is 5.69 Å². The van der Waals surface area contributed by atoms with Crippen molar-refractivity contribution < 1.29 is 23.1 Å². The van der Waals surface area contributed by atoms with Gasteiger partial charge in [-0.05, 0) is 60.6 Å². The summed E-state index contributed by atoms with van der Waals surface area (Å²) in [5.74, 6) is -0.608. The number of halogens is 3. The highest BCUT2D eigenvalue weighted by Gasteiger charge is 2.29. The molecule has 0 saturated carbocycles. The van der Waals surface area contributed by atoms with Crippen molar-refractivity contribution in [1.29, 1.82) is 0 Å². The highest BCUT2D eigenvalue weighted by molar-refractivity contribution is 8.00. The fourth-order valence-corrected chi connectivity index (χ4v) is 3.49. The summed E-state index contributed by atoms with van der Waals surface area (Å²) in [5, 5.41) is 10.5. The molecule has 11 heteroatoms. The summed E-state index contributed by atoms with van der Waals surface area (Å²) >= 11 is -0.263. The Morgan fingerprint density at radius 2 is 1.84 bits per heavy atom. The lowest BCUT2D eigenvalue weighted by molar-refractivity contribution is -0.0328. The minimum Gasteiger partial charge on any atom is -0.493 e. The molecule has 2 heterocycles. The first kappa shape index (κ1) is 22.5. The number of aromatic nitrogens is 3. The number of imidazole rings is 1. The maximum atomic E-state index is 12.9. The lowest BCUT2D eigenvalue weighted by Gasteiger charge is -2.10. The third-order valence-corrected chi connectivity index (χ3v) is 5.22. The Kier molecular flexibility index (Phi) is 6.16. The summed E-state index contributed by atoms with van der Waals surface area (Å²) in [6, 6.07) is 8.34. The summed E-state index contributed by atoms with van der Waals surface area (Å²) in [7, 11) is 3.20. The molecule has 7 nitrogen and oxygen atoms in total. The average Bonchev–Trinajstić information content (AvgIpc) is 2.90. The molecule has 1 aromatic carbocycles. The molecule has 3 aromatic rings. The van der Waals surface area contributed by atoms with Gasteiger partial charge in [0.1, 0.15) is 5.69 Å². The van der Waals surface area contributed by atoms with Gasteiger partial charge in [0.15, 0.2) is 0 Å². The van der Waals surface area contributed by atoms with Crippen LogP contribution in [0.4, 0.5) is 13.2 Å². The number of aromatic hydroxyl groups is 1. The number of nitrogens with zero attached hydrogens (tertiary/aromatic N) is 4. The first-order valence-corrected chi connectivity index (χ1v) is 9.83. The monoisotopic (exact) mass is 452 g/mol. The first-order chi connectivity index (χ1) is 14.5. The van der Waals surface area contributed by atoms with Gasteiger partial charge < -0.3 is 10.0 Å². The quantitative estimate of drug-likeness (QED) is 0.600. The van der Waals surface area contributed by atoms with Gasteiger partial charge in [-0.2, -0.15) is 13.2 Å². The molecular formula is C20H19F3N4O3S. The van der Waals surface area contributed by atoms with E-state index in [4.69, 9.17) is 0 Å². The van der Waals surface area contributed by atoms with E-state index < -0.39 is 11.2 Å². The van der Waals surface area contributed by atoms with Crippen molar-refractivity contribution >= 4 is 17.7 Å². The summed E-state index contributed by atoms with van der Waals surface area (Å²) in [6.45, 7) is 1.62. The van der Waals surface area contributed by atoms with E-state index in [1.807, 2.05) is 0 Å². The molecule has 0 unspecified atom stereocenters. The topological polar surface area (TPSA) is 80.4 Å². The lowest BCUT2D eigenvalue weighted by Crippen LogP contribution is -2.25. The number of alkyl halides is 3. The predicted molar refractivity (Wildman–Crippen MR) is 110 cm³/mol. The first-order valence-electron chi connectivity index (χ1n) is 9.02. The van der Waals surface area contributed by atoms with Gasteiger partial charge in [-0.15, -0.1) is 0 Å². The van der Waals surface area contributed by atoms with Gasteiger partial charge in [-0.1, -0.05) is 0 Å². The third-order valence-electron chi connectivity index (χ3n) is 4.48. The van der Waals surface area contributed by atoms with Gasteiger partial charge in [-0.25, -0.2) is 9.36 Å². The maximum Gasteiger partial charge on any atom is 0.446 e. The molecule has 2 aromatic heterocycles. The molecule has 1 N–H and O–H groups in total. The third kappa shape index (κ3) is 4.93. The molecule has 0 bridgehead atoms. The average molecular weight is 452 g/mol. The van der Waals surface area contributed by atoms with Gasteiger partial charge in [0.05, 0.1) is 17.9 Å². The zero-order valence-corrected chi connectivity index (χ0v) is 17.7. The molecule has 1 amide bonds. The van der Waals surface area contributed by atoms with Crippen molar-refractivity contribution in [2.24, 2.45) is 0 Å². The molecule has 0 aliphatic rings. The number of hydrogen-bond donors (Lipinski definition) is 1. The second-order valence-corrected chi connectivity index (χ2v) is 8.04. The van der Waals surface area contributed by atoms with Crippen LogP contribution >= 0.6 is 11.8 Å². The predicted octanol–water partition coefficient (Wildman–Crippen LogP) is 3.41. The van der Waals surface area contributed by atoms with E-state index in [1.54, 1.807) is 33.2 Å². The van der Waals surface area contributed by atoms with Crippen LogP contribution in [0.2, 0.25) is 0 Å². The number of carbonyl (C=O) groups is 1. The SMILES string of the molecule is Cc1c(O)n(-c2ccc(SC(F)(F)F)cc2)c(=O)n1Cc1ccnc(C(=O)N(C)C)c1. The van der Waals surface area contributed by atoms with Crippen molar-refractivity contribution in [1.82, 2.24) is 19.0 Å². The van der Waals surface area contributed by atoms with E-state index in [9.17, 15) is 27.9 Å². The number of amides is 1. The second-order valence-electron chi connectivity index (χ2n) is 6.90. The zero-order chi connectivity index (χ0) is 22.9. The van der Waals surface area contributed by atoms with Crippen molar-refractivity contribution in [2.45, 2.75) is 23.9 Å². The Bertz CT molecular complexity index is 1170. The summed E-state index contributed by atoms with van der Waals surface area (Å²) in [4.78, 5) is 30.4. The number of hydrogen-bond acceptors (Lipinski definition) is 5. The standard InChI is InChI=1S/C20H19F3N4O3S/c1-12-17(28)27(14-4-6-15(7-5-14)31-20(21,22)23)19(30)26(12)11-13-8-9-24-16(10-13)18(29)25(2)3/h4-10,28H,11H2,1-3H3. The van der Waals surface area contributed by atoms with E-state index in [-0.39, 0.29) is 52.1 Å². The van der Waals surface area contributed by atoms with Gasteiger partial charge in [0, 0.05) is 25.2 Å². The molecule has 164 valence electrons. The van der Waals surface area contributed by atoms with Crippen molar-refractivity contribution in [3.63, 3.8) is 0 Å².